The van der Waals surface area contributed by atoms with Crippen molar-refractivity contribution in [3.63, 3.8) is 0 Å². The largest absolute Gasteiger partial charge is 0.497 e. The number of thiazole rings is 1. The van der Waals surface area contributed by atoms with Gasteiger partial charge in [0, 0.05) is 12.1 Å². The molecule has 4 rings (SSSR count). The van der Waals surface area contributed by atoms with E-state index < -0.39 is 0 Å². The number of amides is 1. The van der Waals surface area contributed by atoms with Gasteiger partial charge in [0.15, 0.2) is 16.6 Å². The van der Waals surface area contributed by atoms with E-state index in [2.05, 4.69) is 0 Å². The van der Waals surface area contributed by atoms with Crippen LogP contribution in [-0.2, 0) is 11.3 Å². The van der Waals surface area contributed by atoms with Crippen molar-refractivity contribution >= 4 is 38.7 Å². The quantitative estimate of drug-likeness (QED) is 0.322. The number of benzene rings is 3. The van der Waals surface area contributed by atoms with E-state index in [0.29, 0.717) is 23.2 Å². The molecule has 0 aliphatic rings. The van der Waals surface area contributed by atoms with Gasteiger partial charge in [-0.2, -0.15) is 0 Å². The molecule has 168 valence electrons. The fourth-order valence-corrected chi connectivity index (χ4v) is 4.31. The summed E-state index contributed by atoms with van der Waals surface area (Å²) >= 11 is 1.47. The van der Waals surface area contributed by atoms with Gasteiger partial charge < -0.3 is 14.2 Å². The van der Waals surface area contributed by atoms with Gasteiger partial charge in [0.1, 0.15) is 5.75 Å². The molecule has 0 aliphatic carbocycles. The monoisotopic (exact) mass is 460 g/mol. The van der Waals surface area contributed by atoms with Crippen molar-refractivity contribution in [1.29, 1.82) is 0 Å². The SMILES string of the molecule is COc1ccc2sc(N(Cc3ccccc3)C(=O)/C=C/c3ccc(OC)c(OC)c3)nc2c1. The maximum atomic E-state index is 13.3. The van der Waals surface area contributed by atoms with Gasteiger partial charge in [0.25, 0.3) is 5.91 Å². The van der Waals surface area contributed by atoms with Crippen molar-refractivity contribution in [3.8, 4) is 17.2 Å². The second-order valence-electron chi connectivity index (χ2n) is 7.19. The molecule has 0 N–H and O–H groups in total. The van der Waals surface area contributed by atoms with E-state index in [4.69, 9.17) is 19.2 Å². The highest BCUT2D eigenvalue weighted by Gasteiger charge is 2.19. The zero-order valence-corrected chi connectivity index (χ0v) is 19.5. The number of methoxy groups -OCH3 is 3. The Labute approximate surface area is 196 Å². The Balaban J connectivity index is 1.66. The molecule has 6 nitrogen and oxygen atoms in total. The summed E-state index contributed by atoms with van der Waals surface area (Å²) in [5, 5.41) is 0.629. The van der Waals surface area contributed by atoms with E-state index in [1.54, 1.807) is 38.4 Å². The third-order valence-corrected chi connectivity index (χ3v) is 6.15. The second-order valence-corrected chi connectivity index (χ2v) is 8.20. The minimum atomic E-state index is -0.167. The van der Waals surface area contributed by atoms with Crippen molar-refractivity contribution in [3.05, 3.63) is 83.9 Å². The van der Waals surface area contributed by atoms with Crippen LogP contribution in [0.4, 0.5) is 5.13 Å². The van der Waals surface area contributed by atoms with Gasteiger partial charge in [-0.25, -0.2) is 4.98 Å². The van der Waals surface area contributed by atoms with E-state index in [1.165, 1.54) is 11.3 Å². The lowest BCUT2D eigenvalue weighted by Crippen LogP contribution is -2.28. The number of rotatable bonds is 8. The predicted octanol–water partition coefficient (Wildman–Crippen LogP) is 5.57. The molecule has 7 heteroatoms. The van der Waals surface area contributed by atoms with Gasteiger partial charge in [0.05, 0.1) is 38.1 Å². The van der Waals surface area contributed by atoms with Crippen molar-refractivity contribution in [1.82, 2.24) is 4.98 Å². The van der Waals surface area contributed by atoms with Crippen LogP contribution in [0.1, 0.15) is 11.1 Å². The molecule has 0 bridgehead atoms. The zero-order valence-electron chi connectivity index (χ0n) is 18.6. The predicted molar refractivity (Wildman–Crippen MR) is 132 cm³/mol. The highest BCUT2D eigenvalue weighted by Crippen LogP contribution is 2.32. The molecule has 0 aliphatic heterocycles. The number of aromatic nitrogens is 1. The molecule has 0 spiro atoms. The minimum absolute atomic E-state index is 0.167. The van der Waals surface area contributed by atoms with Gasteiger partial charge in [-0.1, -0.05) is 47.7 Å². The van der Waals surface area contributed by atoms with Crippen LogP contribution in [0.5, 0.6) is 17.2 Å². The number of nitrogens with zero attached hydrogens (tertiary/aromatic N) is 2. The Hall–Kier alpha value is -3.84. The first-order valence-corrected chi connectivity index (χ1v) is 11.1. The van der Waals surface area contributed by atoms with Crippen molar-refractivity contribution in [2.75, 3.05) is 26.2 Å². The summed E-state index contributed by atoms with van der Waals surface area (Å²) in [4.78, 5) is 19.7. The van der Waals surface area contributed by atoms with E-state index in [1.807, 2.05) is 66.7 Å². The normalized spacial score (nSPS) is 11.0. The molecule has 3 aromatic carbocycles. The maximum absolute atomic E-state index is 13.3. The summed E-state index contributed by atoms with van der Waals surface area (Å²) in [5.41, 5.74) is 2.64. The molecule has 0 atom stereocenters. The number of ether oxygens (including phenoxy) is 3. The molecule has 4 aromatic rings. The first kappa shape index (κ1) is 22.4. The van der Waals surface area contributed by atoms with Crippen LogP contribution in [-0.4, -0.2) is 32.2 Å². The Morgan fingerprint density at radius 1 is 0.939 bits per heavy atom. The first-order chi connectivity index (χ1) is 16.1. The summed E-state index contributed by atoms with van der Waals surface area (Å²) in [7, 11) is 4.80. The summed E-state index contributed by atoms with van der Waals surface area (Å²) < 4.78 is 16.9. The van der Waals surface area contributed by atoms with E-state index in [-0.39, 0.29) is 5.91 Å². The summed E-state index contributed by atoms with van der Waals surface area (Å²) in [5.74, 6) is 1.80. The van der Waals surface area contributed by atoms with E-state index >= 15 is 0 Å². The molecule has 33 heavy (non-hydrogen) atoms. The van der Waals surface area contributed by atoms with Crippen molar-refractivity contribution in [2.45, 2.75) is 6.54 Å². The van der Waals surface area contributed by atoms with E-state index in [9.17, 15) is 4.79 Å². The van der Waals surface area contributed by atoms with Crippen LogP contribution in [0.15, 0.2) is 72.8 Å². The third-order valence-electron chi connectivity index (χ3n) is 5.09. The molecular weight excluding hydrogens is 436 g/mol. The summed E-state index contributed by atoms with van der Waals surface area (Å²) in [6.45, 7) is 0.410. The smallest absolute Gasteiger partial charge is 0.253 e. The Bertz CT molecular complexity index is 1280. The topological polar surface area (TPSA) is 60.9 Å². The second kappa shape index (κ2) is 10.2. The summed E-state index contributed by atoms with van der Waals surface area (Å²) in [6.07, 6.45) is 3.31. The molecule has 0 radical (unpaired) electrons. The lowest BCUT2D eigenvalue weighted by molar-refractivity contribution is -0.114. The molecule has 1 heterocycles. The average Bonchev–Trinajstić information content (AvgIpc) is 3.29. The fraction of sp³-hybridized carbons (Fsp3) is 0.154. The number of hydrogen-bond acceptors (Lipinski definition) is 6. The third kappa shape index (κ3) is 5.15. The minimum Gasteiger partial charge on any atom is -0.497 e. The van der Waals surface area contributed by atoms with Gasteiger partial charge in [-0.3, -0.25) is 9.69 Å². The Kier molecular flexibility index (Phi) is 6.90. The molecule has 0 saturated heterocycles. The van der Waals surface area contributed by atoms with Gasteiger partial charge in [0.2, 0.25) is 0 Å². The number of anilines is 1. The molecule has 1 amide bonds. The first-order valence-electron chi connectivity index (χ1n) is 10.3. The van der Waals surface area contributed by atoms with Crippen LogP contribution in [0.2, 0.25) is 0 Å². The highest BCUT2D eigenvalue weighted by molar-refractivity contribution is 7.22. The Morgan fingerprint density at radius 2 is 1.73 bits per heavy atom. The van der Waals surface area contributed by atoms with Crippen LogP contribution in [0, 0.1) is 0 Å². The fourth-order valence-electron chi connectivity index (χ4n) is 3.36. The number of fused-ring (bicyclic) bond motifs is 1. The van der Waals surface area contributed by atoms with Gasteiger partial charge >= 0.3 is 0 Å². The number of hydrogen-bond donors (Lipinski definition) is 0. The maximum Gasteiger partial charge on any atom is 0.253 e. The van der Waals surface area contributed by atoms with Crippen LogP contribution in [0.25, 0.3) is 16.3 Å². The lowest BCUT2D eigenvalue weighted by atomic mass is 10.1. The van der Waals surface area contributed by atoms with Crippen molar-refractivity contribution in [2.24, 2.45) is 0 Å². The molecular formula is C26H24N2O4S. The summed E-state index contributed by atoms with van der Waals surface area (Å²) in [6, 6.07) is 21.1. The van der Waals surface area contributed by atoms with Crippen LogP contribution < -0.4 is 19.1 Å². The lowest BCUT2D eigenvalue weighted by Gasteiger charge is -2.18. The van der Waals surface area contributed by atoms with Gasteiger partial charge in [-0.15, -0.1) is 0 Å². The Morgan fingerprint density at radius 3 is 2.45 bits per heavy atom. The molecule has 0 saturated carbocycles. The highest BCUT2D eigenvalue weighted by atomic mass is 32.1. The number of carbonyl (C=O) groups excluding carboxylic acids is 1. The van der Waals surface area contributed by atoms with Crippen molar-refractivity contribution < 1.29 is 19.0 Å². The zero-order chi connectivity index (χ0) is 23.2. The molecule has 1 aromatic heterocycles. The number of carbonyl (C=O) groups is 1. The van der Waals surface area contributed by atoms with Gasteiger partial charge in [-0.05, 0) is 41.5 Å². The standard InChI is InChI=1S/C26H24N2O4S/c1-30-20-11-13-24-21(16-20)27-26(33-24)28(17-19-7-5-4-6-8-19)25(29)14-10-18-9-12-22(31-2)23(15-18)32-3/h4-16H,17H2,1-3H3/b14-10+. The van der Waals surface area contributed by atoms with E-state index in [0.717, 1.165) is 27.1 Å². The average molecular weight is 461 g/mol. The van der Waals surface area contributed by atoms with Crippen LogP contribution in [0.3, 0.4) is 0 Å². The molecule has 0 fully saturated rings. The van der Waals surface area contributed by atoms with Crippen LogP contribution >= 0.6 is 11.3 Å². The molecule has 0 unspecified atom stereocenters.